The van der Waals surface area contributed by atoms with Crippen LogP contribution in [0, 0.1) is 0 Å². The first-order chi connectivity index (χ1) is 12.3. The third-order valence-corrected chi connectivity index (χ3v) is 4.39. The topological polar surface area (TPSA) is 36.9 Å². The zero-order valence-corrected chi connectivity index (χ0v) is 14.7. The fourth-order valence-corrected chi connectivity index (χ4v) is 2.99. The van der Waals surface area contributed by atoms with Crippen LogP contribution in [0.25, 0.3) is 0 Å². The number of benzene rings is 2. The molecule has 2 aromatic carbocycles. The van der Waals surface area contributed by atoms with Gasteiger partial charge >= 0.3 is 0 Å². The van der Waals surface area contributed by atoms with Crippen LogP contribution >= 0.6 is 0 Å². The van der Waals surface area contributed by atoms with Crippen molar-refractivity contribution in [2.24, 2.45) is 0 Å². The molecule has 0 bridgehead atoms. The monoisotopic (exact) mass is 342 g/mol. The van der Waals surface area contributed by atoms with Gasteiger partial charge in [-0.3, -0.25) is 0 Å². The molecule has 0 N–H and O–H groups in total. The Labute approximate surface area is 149 Å². The van der Waals surface area contributed by atoms with E-state index in [1.54, 1.807) is 7.11 Å². The van der Waals surface area contributed by atoms with Crippen LogP contribution in [-0.4, -0.2) is 32.2 Å². The van der Waals surface area contributed by atoms with E-state index in [4.69, 9.17) is 18.9 Å². The van der Waals surface area contributed by atoms with Gasteiger partial charge in [-0.25, -0.2) is 0 Å². The van der Waals surface area contributed by atoms with E-state index in [0.717, 1.165) is 24.0 Å². The van der Waals surface area contributed by atoms with Crippen molar-refractivity contribution in [2.45, 2.75) is 44.6 Å². The smallest absolute Gasteiger partial charge is 0.157 e. The number of methoxy groups -OCH3 is 1. The Balaban J connectivity index is 1.54. The van der Waals surface area contributed by atoms with Gasteiger partial charge in [0.25, 0.3) is 0 Å². The van der Waals surface area contributed by atoms with Crippen LogP contribution in [0.1, 0.15) is 24.0 Å². The predicted molar refractivity (Wildman–Crippen MR) is 96.0 cm³/mol. The largest absolute Gasteiger partial charge is 0.374 e. The molecule has 25 heavy (non-hydrogen) atoms. The summed E-state index contributed by atoms with van der Waals surface area (Å²) in [6, 6.07) is 20.3. The molecule has 0 aliphatic carbocycles. The molecule has 3 rings (SSSR count). The standard InChI is InChI=1S/C21H26O4/c1-22-21-13-12-19(25-21)20(24-15-18-10-6-3-7-11-18)16-23-14-17-8-4-2-5-9-17/h2-11,19-21H,12-16H2,1H3/t19-,20+,21-/m0/s1. The van der Waals surface area contributed by atoms with Crippen molar-refractivity contribution >= 4 is 0 Å². The van der Waals surface area contributed by atoms with Crippen molar-refractivity contribution in [2.75, 3.05) is 13.7 Å². The highest BCUT2D eigenvalue weighted by Gasteiger charge is 2.32. The van der Waals surface area contributed by atoms with Crippen molar-refractivity contribution in [3.8, 4) is 0 Å². The van der Waals surface area contributed by atoms with E-state index in [2.05, 4.69) is 24.3 Å². The van der Waals surface area contributed by atoms with Gasteiger partial charge in [-0.1, -0.05) is 60.7 Å². The molecule has 1 fully saturated rings. The molecule has 0 radical (unpaired) electrons. The minimum absolute atomic E-state index is 0.00411. The van der Waals surface area contributed by atoms with Crippen LogP contribution in [0.4, 0.5) is 0 Å². The Morgan fingerprint density at radius 3 is 2.16 bits per heavy atom. The van der Waals surface area contributed by atoms with E-state index < -0.39 is 0 Å². The summed E-state index contributed by atoms with van der Waals surface area (Å²) in [6.07, 6.45) is 1.58. The fraction of sp³-hybridized carbons (Fsp3) is 0.429. The third kappa shape index (κ3) is 5.65. The Morgan fingerprint density at radius 1 is 0.920 bits per heavy atom. The Kier molecular flexibility index (Phi) is 7.00. The highest BCUT2D eigenvalue weighted by atomic mass is 16.7. The quantitative estimate of drug-likeness (QED) is 0.692. The van der Waals surface area contributed by atoms with Crippen molar-refractivity contribution in [3.63, 3.8) is 0 Å². The SMILES string of the molecule is CO[C@@H]1CC[C@@H]([C@@H](COCc2ccccc2)OCc2ccccc2)O1. The molecule has 0 spiro atoms. The highest BCUT2D eigenvalue weighted by molar-refractivity contribution is 5.14. The van der Waals surface area contributed by atoms with Crippen LogP contribution in [-0.2, 0) is 32.2 Å². The zero-order chi connectivity index (χ0) is 17.3. The first kappa shape index (κ1) is 18.1. The van der Waals surface area contributed by atoms with Gasteiger partial charge in [0, 0.05) is 13.5 Å². The van der Waals surface area contributed by atoms with E-state index in [1.165, 1.54) is 0 Å². The maximum absolute atomic E-state index is 6.14. The summed E-state index contributed by atoms with van der Waals surface area (Å²) < 4.78 is 23.3. The first-order valence-corrected chi connectivity index (χ1v) is 8.80. The summed E-state index contributed by atoms with van der Waals surface area (Å²) in [6.45, 7) is 1.63. The second-order valence-electron chi connectivity index (χ2n) is 6.25. The average Bonchev–Trinajstić information content (AvgIpc) is 3.15. The second kappa shape index (κ2) is 9.68. The molecule has 0 amide bonds. The maximum Gasteiger partial charge on any atom is 0.157 e. The van der Waals surface area contributed by atoms with Gasteiger partial charge in [0.05, 0.1) is 25.9 Å². The van der Waals surface area contributed by atoms with E-state index in [9.17, 15) is 0 Å². The van der Waals surface area contributed by atoms with Crippen LogP contribution in [0.5, 0.6) is 0 Å². The Hall–Kier alpha value is -1.72. The van der Waals surface area contributed by atoms with Crippen molar-refractivity contribution < 1.29 is 18.9 Å². The zero-order valence-electron chi connectivity index (χ0n) is 14.7. The number of hydrogen-bond donors (Lipinski definition) is 0. The van der Waals surface area contributed by atoms with Crippen LogP contribution in [0.15, 0.2) is 60.7 Å². The molecule has 1 heterocycles. The fourth-order valence-electron chi connectivity index (χ4n) is 2.99. The maximum atomic E-state index is 6.14. The number of rotatable bonds is 9. The molecule has 3 atom stereocenters. The van der Waals surface area contributed by atoms with Crippen LogP contribution in [0.2, 0.25) is 0 Å². The van der Waals surface area contributed by atoms with E-state index in [1.807, 2.05) is 36.4 Å². The molecule has 4 heteroatoms. The lowest BCUT2D eigenvalue weighted by atomic mass is 10.1. The second-order valence-corrected chi connectivity index (χ2v) is 6.25. The molecule has 0 aromatic heterocycles. The van der Waals surface area contributed by atoms with Crippen LogP contribution in [0.3, 0.4) is 0 Å². The van der Waals surface area contributed by atoms with Gasteiger partial charge in [0.2, 0.25) is 0 Å². The molecule has 1 aliphatic rings. The lowest BCUT2D eigenvalue weighted by Crippen LogP contribution is -2.34. The summed E-state index contributed by atoms with van der Waals surface area (Å²) in [5.74, 6) is 0. The number of ether oxygens (including phenoxy) is 4. The molecule has 2 aromatic rings. The first-order valence-electron chi connectivity index (χ1n) is 8.80. The minimum Gasteiger partial charge on any atom is -0.374 e. The van der Waals surface area contributed by atoms with E-state index in [0.29, 0.717) is 19.8 Å². The van der Waals surface area contributed by atoms with E-state index >= 15 is 0 Å². The average molecular weight is 342 g/mol. The van der Waals surface area contributed by atoms with Crippen molar-refractivity contribution in [1.29, 1.82) is 0 Å². The third-order valence-electron chi connectivity index (χ3n) is 4.39. The Bertz CT molecular complexity index is 602. The predicted octanol–water partition coefficient (Wildman–Crippen LogP) is 3.94. The van der Waals surface area contributed by atoms with Gasteiger partial charge in [0.1, 0.15) is 6.10 Å². The van der Waals surface area contributed by atoms with Gasteiger partial charge in [0.15, 0.2) is 6.29 Å². The molecule has 4 nitrogen and oxygen atoms in total. The molecule has 0 saturated carbocycles. The normalized spacial score (nSPS) is 21.3. The van der Waals surface area contributed by atoms with Crippen LogP contribution < -0.4 is 0 Å². The molecule has 1 aliphatic heterocycles. The molecule has 0 unspecified atom stereocenters. The molecular weight excluding hydrogens is 316 g/mol. The minimum atomic E-state index is -0.137. The van der Waals surface area contributed by atoms with E-state index in [-0.39, 0.29) is 18.5 Å². The summed E-state index contributed by atoms with van der Waals surface area (Å²) in [5.41, 5.74) is 2.31. The Morgan fingerprint density at radius 2 is 1.56 bits per heavy atom. The lowest BCUT2D eigenvalue weighted by Gasteiger charge is -2.24. The summed E-state index contributed by atoms with van der Waals surface area (Å²) in [7, 11) is 1.68. The van der Waals surface area contributed by atoms with Gasteiger partial charge in [-0.2, -0.15) is 0 Å². The molecule has 1 saturated heterocycles. The van der Waals surface area contributed by atoms with Gasteiger partial charge in [-0.05, 0) is 17.5 Å². The molecule has 134 valence electrons. The summed E-state index contributed by atoms with van der Waals surface area (Å²) >= 11 is 0. The highest BCUT2D eigenvalue weighted by Crippen LogP contribution is 2.25. The van der Waals surface area contributed by atoms with Crippen molar-refractivity contribution in [3.05, 3.63) is 71.8 Å². The summed E-state index contributed by atoms with van der Waals surface area (Å²) in [4.78, 5) is 0. The number of hydrogen-bond acceptors (Lipinski definition) is 4. The van der Waals surface area contributed by atoms with Gasteiger partial charge in [-0.15, -0.1) is 0 Å². The molecular formula is C21H26O4. The lowest BCUT2D eigenvalue weighted by molar-refractivity contribution is -0.162. The summed E-state index contributed by atoms with van der Waals surface area (Å²) in [5, 5.41) is 0. The van der Waals surface area contributed by atoms with Gasteiger partial charge < -0.3 is 18.9 Å². The van der Waals surface area contributed by atoms with Crippen molar-refractivity contribution in [1.82, 2.24) is 0 Å².